The number of hydrogen-bond donors (Lipinski definition) is 1. The van der Waals surface area contributed by atoms with Gasteiger partial charge in [0.25, 0.3) is 11.5 Å². The van der Waals surface area contributed by atoms with Crippen LogP contribution in [0, 0.1) is 0 Å². The minimum atomic E-state index is -0.266. The van der Waals surface area contributed by atoms with Crippen molar-refractivity contribution in [1.29, 1.82) is 0 Å². The number of benzene rings is 2. The van der Waals surface area contributed by atoms with E-state index in [-0.39, 0.29) is 24.6 Å². The van der Waals surface area contributed by atoms with Crippen molar-refractivity contribution in [3.63, 3.8) is 0 Å². The first-order valence-corrected chi connectivity index (χ1v) is 10.1. The molecule has 2 heterocycles. The zero-order valence-corrected chi connectivity index (χ0v) is 17.1. The van der Waals surface area contributed by atoms with E-state index in [1.807, 2.05) is 49.4 Å². The Balaban J connectivity index is 1.65. The minimum Gasteiger partial charge on any atom is -0.493 e. The second-order valence-corrected chi connectivity index (χ2v) is 6.89. The third kappa shape index (κ3) is 4.45. The molecule has 7 heteroatoms. The smallest absolute Gasteiger partial charge is 0.275 e. The van der Waals surface area contributed by atoms with Gasteiger partial charge in [0.2, 0.25) is 0 Å². The fourth-order valence-electron chi connectivity index (χ4n) is 3.38. The van der Waals surface area contributed by atoms with E-state index in [0.717, 1.165) is 5.69 Å². The quantitative estimate of drug-likeness (QED) is 0.502. The first-order chi connectivity index (χ1) is 15.2. The second-order valence-electron chi connectivity index (χ2n) is 6.89. The van der Waals surface area contributed by atoms with Gasteiger partial charge in [-0.25, -0.2) is 4.68 Å². The highest BCUT2D eigenvalue weighted by atomic mass is 16.5. The lowest BCUT2D eigenvalue weighted by atomic mass is 10.1. The van der Waals surface area contributed by atoms with Crippen LogP contribution < -0.4 is 15.6 Å². The molecule has 31 heavy (non-hydrogen) atoms. The van der Waals surface area contributed by atoms with E-state index in [4.69, 9.17) is 4.74 Å². The summed E-state index contributed by atoms with van der Waals surface area (Å²) >= 11 is 0. The molecule has 0 radical (unpaired) electrons. The van der Waals surface area contributed by atoms with Crippen LogP contribution in [-0.2, 0) is 13.1 Å². The number of amides is 1. The van der Waals surface area contributed by atoms with Crippen LogP contribution in [0.1, 0.15) is 28.7 Å². The molecule has 7 nitrogen and oxygen atoms in total. The molecule has 0 unspecified atom stereocenters. The number of hydrogen-bond acceptors (Lipinski definition) is 5. The van der Waals surface area contributed by atoms with Gasteiger partial charge in [-0.05, 0) is 37.3 Å². The summed E-state index contributed by atoms with van der Waals surface area (Å²) in [4.78, 5) is 30.0. The van der Waals surface area contributed by atoms with Crippen LogP contribution in [-0.4, -0.2) is 27.3 Å². The second kappa shape index (κ2) is 9.21. The molecule has 0 spiro atoms. The lowest BCUT2D eigenvalue weighted by Crippen LogP contribution is -2.29. The highest BCUT2D eigenvalue weighted by Gasteiger charge is 2.15. The summed E-state index contributed by atoms with van der Waals surface area (Å²) < 4.78 is 6.94. The lowest BCUT2D eigenvalue weighted by Gasteiger charge is -2.13. The van der Waals surface area contributed by atoms with Crippen molar-refractivity contribution in [3.8, 4) is 5.75 Å². The standard InChI is InChI=1S/C24H22N4O3/c1-2-31-22-13-6-5-12-20(22)23(29)26-15-21-18-10-3-4-11-19(18)24(30)28(27-21)16-17-9-7-8-14-25-17/h3-14H,2,15-16H2,1H3,(H,26,29). The fraction of sp³-hybridized carbons (Fsp3) is 0.167. The molecule has 0 fully saturated rings. The zero-order valence-electron chi connectivity index (χ0n) is 17.1. The van der Waals surface area contributed by atoms with Crippen molar-refractivity contribution < 1.29 is 9.53 Å². The fourth-order valence-corrected chi connectivity index (χ4v) is 3.38. The Morgan fingerprint density at radius 1 is 1.00 bits per heavy atom. The van der Waals surface area contributed by atoms with Crippen molar-refractivity contribution in [2.45, 2.75) is 20.0 Å². The molecule has 2 aromatic heterocycles. The Bertz CT molecular complexity index is 1270. The van der Waals surface area contributed by atoms with Gasteiger partial charge >= 0.3 is 0 Å². The van der Waals surface area contributed by atoms with E-state index in [2.05, 4.69) is 15.4 Å². The van der Waals surface area contributed by atoms with Gasteiger partial charge in [0.1, 0.15) is 5.75 Å². The van der Waals surface area contributed by atoms with Crippen LogP contribution in [0.5, 0.6) is 5.75 Å². The molecule has 0 atom stereocenters. The van der Waals surface area contributed by atoms with Gasteiger partial charge in [0.05, 0.1) is 42.0 Å². The maximum Gasteiger partial charge on any atom is 0.275 e. The Labute approximate surface area is 179 Å². The minimum absolute atomic E-state index is 0.169. The van der Waals surface area contributed by atoms with Crippen molar-refractivity contribution in [2.24, 2.45) is 0 Å². The number of aromatic nitrogens is 3. The maximum atomic E-state index is 12.9. The van der Waals surface area contributed by atoms with Gasteiger partial charge in [0.15, 0.2) is 0 Å². The number of nitrogens with one attached hydrogen (secondary N) is 1. The first kappa shape index (κ1) is 20.3. The highest BCUT2D eigenvalue weighted by molar-refractivity contribution is 5.97. The maximum absolute atomic E-state index is 12.9. The summed E-state index contributed by atoms with van der Waals surface area (Å²) in [6.07, 6.45) is 1.68. The molecule has 2 aromatic carbocycles. The summed E-state index contributed by atoms with van der Waals surface area (Å²) in [5, 5.41) is 8.70. The van der Waals surface area contributed by atoms with E-state index in [1.165, 1.54) is 4.68 Å². The number of para-hydroxylation sites is 1. The lowest BCUT2D eigenvalue weighted by molar-refractivity contribution is 0.0946. The van der Waals surface area contributed by atoms with Gasteiger partial charge in [-0.3, -0.25) is 14.6 Å². The molecule has 1 amide bonds. The summed E-state index contributed by atoms with van der Waals surface area (Å²) in [6, 6.07) is 19.9. The number of rotatable bonds is 7. The van der Waals surface area contributed by atoms with Crippen molar-refractivity contribution in [2.75, 3.05) is 6.61 Å². The summed E-state index contributed by atoms with van der Waals surface area (Å²) in [5.41, 5.74) is 1.59. The van der Waals surface area contributed by atoms with Crippen LogP contribution in [0.2, 0.25) is 0 Å². The summed E-state index contributed by atoms with van der Waals surface area (Å²) in [6.45, 7) is 2.76. The monoisotopic (exact) mass is 414 g/mol. The number of pyridine rings is 1. The third-order valence-electron chi connectivity index (χ3n) is 4.83. The average Bonchev–Trinajstić information content (AvgIpc) is 2.81. The molecule has 4 rings (SSSR count). The van der Waals surface area contributed by atoms with Crippen molar-refractivity contribution in [3.05, 3.63) is 100 Å². The van der Waals surface area contributed by atoms with Crippen molar-refractivity contribution in [1.82, 2.24) is 20.1 Å². The SMILES string of the molecule is CCOc1ccccc1C(=O)NCc1nn(Cc2ccccn2)c(=O)c2ccccc12. The predicted molar refractivity (Wildman–Crippen MR) is 118 cm³/mol. The molecular weight excluding hydrogens is 392 g/mol. The third-order valence-corrected chi connectivity index (χ3v) is 4.83. The average molecular weight is 414 g/mol. The van der Waals surface area contributed by atoms with E-state index >= 15 is 0 Å². The van der Waals surface area contributed by atoms with E-state index in [0.29, 0.717) is 34.4 Å². The summed E-state index contributed by atoms with van der Waals surface area (Å²) in [7, 11) is 0. The molecule has 0 aliphatic rings. The largest absolute Gasteiger partial charge is 0.493 e. The molecule has 1 N–H and O–H groups in total. The van der Waals surface area contributed by atoms with Crippen LogP contribution >= 0.6 is 0 Å². The number of ether oxygens (including phenoxy) is 1. The summed E-state index contributed by atoms with van der Waals surface area (Å²) in [5.74, 6) is 0.262. The zero-order chi connectivity index (χ0) is 21.6. The Kier molecular flexibility index (Phi) is 6.03. The predicted octanol–water partition coefficient (Wildman–Crippen LogP) is 3.17. The normalized spacial score (nSPS) is 10.7. The van der Waals surface area contributed by atoms with E-state index in [9.17, 15) is 9.59 Å². The Hall–Kier alpha value is -4.00. The Morgan fingerprint density at radius 3 is 2.52 bits per heavy atom. The molecule has 0 saturated heterocycles. The molecule has 0 bridgehead atoms. The van der Waals surface area contributed by atoms with Crippen molar-refractivity contribution >= 4 is 16.7 Å². The number of carbonyl (C=O) groups is 1. The van der Waals surface area contributed by atoms with Gasteiger partial charge in [-0.2, -0.15) is 5.10 Å². The van der Waals surface area contributed by atoms with Crippen LogP contribution in [0.25, 0.3) is 10.8 Å². The topological polar surface area (TPSA) is 86.1 Å². The molecule has 0 aliphatic carbocycles. The van der Waals surface area contributed by atoms with E-state index in [1.54, 1.807) is 30.5 Å². The molecule has 0 saturated carbocycles. The number of carbonyl (C=O) groups excluding carboxylic acids is 1. The van der Waals surface area contributed by atoms with E-state index < -0.39 is 0 Å². The molecule has 4 aromatic rings. The first-order valence-electron chi connectivity index (χ1n) is 10.1. The molecular formula is C24H22N4O3. The van der Waals surface area contributed by atoms with Gasteiger partial charge in [-0.1, -0.05) is 36.4 Å². The van der Waals surface area contributed by atoms with Gasteiger partial charge in [0, 0.05) is 11.6 Å². The number of fused-ring (bicyclic) bond motifs is 1. The molecule has 0 aliphatic heterocycles. The van der Waals surface area contributed by atoms with Crippen LogP contribution in [0.3, 0.4) is 0 Å². The Morgan fingerprint density at radius 2 is 1.74 bits per heavy atom. The van der Waals surface area contributed by atoms with Crippen LogP contribution in [0.15, 0.2) is 77.7 Å². The van der Waals surface area contributed by atoms with Crippen LogP contribution in [0.4, 0.5) is 0 Å². The molecule has 156 valence electrons. The number of nitrogens with zero attached hydrogens (tertiary/aromatic N) is 3. The van der Waals surface area contributed by atoms with Gasteiger partial charge < -0.3 is 10.1 Å². The van der Waals surface area contributed by atoms with Gasteiger partial charge in [-0.15, -0.1) is 0 Å². The highest BCUT2D eigenvalue weighted by Crippen LogP contribution is 2.18.